The van der Waals surface area contributed by atoms with Crippen molar-refractivity contribution < 1.29 is 19.4 Å². The molecule has 0 radical (unpaired) electrons. The van der Waals surface area contributed by atoms with E-state index in [-0.39, 0.29) is 12.7 Å². The summed E-state index contributed by atoms with van der Waals surface area (Å²) in [6, 6.07) is 5.74. The van der Waals surface area contributed by atoms with E-state index in [1.807, 2.05) is 30.6 Å². The van der Waals surface area contributed by atoms with Crippen LogP contribution in [-0.2, 0) is 17.9 Å². The molecule has 0 bridgehead atoms. The number of likely N-dealkylation sites (tertiary alicyclic amines) is 1. The highest BCUT2D eigenvalue weighted by Crippen LogP contribution is 2.39. The molecule has 0 aliphatic carbocycles. The first-order chi connectivity index (χ1) is 12.7. The van der Waals surface area contributed by atoms with Crippen molar-refractivity contribution in [2.24, 2.45) is 5.92 Å². The lowest BCUT2D eigenvalue weighted by Crippen LogP contribution is -2.24. The Labute approximate surface area is 152 Å². The minimum Gasteiger partial charge on any atom is -0.481 e. The molecule has 0 unspecified atom stereocenters. The molecule has 0 saturated carbocycles. The number of nitrogens with zero attached hydrogens (tertiary/aromatic N) is 3. The van der Waals surface area contributed by atoms with Crippen LogP contribution in [0.25, 0.3) is 0 Å². The van der Waals surface area contributed by atoms with Crippen LogP contribution in [0.5, 0.6) is 11.5 Å². The first kappa shape index (κ1) is 16.9. The third-order valence-electron chi connectivity index (χ3n) is 5.17. The molecule has 2 aromatic rings. The fourth-order valence-corrected chi connectivity index (χ4v) is 3.88. The first-order valence-electron chi connectivity index (χ1n) is 9.00. The lowest BCUT2D eigenvalue weighted by atomic mass is 9.89. The number of benzene rings is 1. The Morgan fingerprint density at radius 1 is 1.31 bits per heavy atom. The Kier molecular flexibility index (Phi) is 4.55. The predicted molar refractivity (Wildman–Crippen MR) is 94.2 cm³/mol. The monoisotopic (exact) mass is 357 g/mol. The number of rotatable bonds is 6. The highest BCUT2D eigenvalue weighted by atomic mass is 16.7. The van der Waals surface area contributed by atoms with Gasteiger partial charge in [-0.3, -0.25) is 9.69 Å². The zero-order valence-corrected chi connectivity index (χ0v) is 14.8. The van der Waals surface area contributed by atoms with Crippen LogP contribution >= 0.6 is 0 Å². The van der Waals surface area contributed by atoms with Crippen LogP contribution in [0.15, 0.2) is 30.6 Å². The maximum Gasteiger partial charge on any atom is 0.308 e. The zero-order chi connectivity index (χ0) is 18.1. The van der Waals surface area contributed by atoms with E-state index < -0.39 is 11.9 Å². The van der Waals surface area contributed by atoms with Gasteiger partial charge in [0.1, 0.15) is 5.82 Å². The van der Waals surface area contributed by atoms with Crippen molar-refractivity contribution in [1.82, 2.24) is 14.5 Å². The van der Waals surface area contributed by atoms with Crippen LogP contribution in [0, 0.1) is 5.92 Å². The highest BCUT2D eigenvalue weighted by Gasteiger charge is 2.39. The smallest absolute Gasteiger partial charge is 0.308 e. The van der Waals surface area contributed by atoms with Gasteiger partial charge in [0.2, 0.25) is 6.79 Å². The first-order valence-corrected chi connectivity index (χ1v) is 9.00. The number of hydrogen-bond acceptors (Lipinski definition) is 5. The van der Waals surface area contributed by atoms with Gasteiger partial charge in [-0.1, -0.05) is 13.0 Å². The van der Waals surface area contributed by atoms with Crippen LogP contribution in [-0.4, -0.2) is 45.4 Å². The normalized spacial score (nSPS) is 22.0. The highest BCUT2D eigenvalue weighted by molar-refractivity contribution is 5.72. The zero-order valence-electron chi connectivity index (χ0n) is 14.8. The summed E-state index contributed by atoms with van der Waals surface area (Å²) in [7, 11) is 0. The summed E-state index contributed by atoms with van der Waals surface area (Å²) in [5.41, 5.74) is 0.987. The molecule has 3 heterocycles. The van der Waals surface area contributed by atoms with Gasteiger partial charge in [0, 0.05) is 37.9 Å². The summed E-state index contributed by atoms with van der Waals surface area (Å²) in [5.74, 6) is 1.14. The quantitative estimate of drug-likeness (QED) is 0.855. The number of aliphatic carboxylic acids is 1. The second kappa shape index (κ2) is 6.99. The average molecular weight is 357 g/mol. The standard InChI is InChI=1S/C19H23N3O4/c1-2-6-22-7-5-20-18(22)11-21-9-14(15(10-21)19(23)24)13-3-4-16-17(8-13)26-12-25-16/h3-5,7-8,14-15H,2,6,9-12H2,1H3,(H,23,24)/t14-,15+/m0/s1. The molecule has 138 valence electrons. The summed E-state index contributed by atoms with van der Waals surface area (Å²) in [5, 5.41) is 9.72. The molecule has 7 nitrogen and oxygen atoms in total. The maximum atomic E-state index is 11.8. The van der Waals surface area contributed by atoms with Crippen LogP contribution in [0.2, 0.25) is 0 Å². The number of carboxylic acids is 1. The van der Waals surface area contributed by atoms with Crippen LogP contribution in [0.3, 0.4) is 0 Å². The SMILES string of the molecule is CCCn1ccnc1CN1C[C@@H](C(=O)O)[C@H](c2ccc3c(c2)OCO3)C1. The molecular weight excluding hydrogens is 334 g/mol. The van der Waals surface area contributed by atoms with Crippen molar-refractivity contribution in [3.8, 4) is 11.5 Å². The maximum absolute atomic E-state index is 11.8. The van der Waals surface area contributed by atoms with Gasteiger partial charge in [-0.2, -0.15) is 0 Å². The number of imidazole rings is 1. The molecule has 7 heteroatoms. The Morgan fingerprint density at radius 3 is 2.96 bits per heavy atom. The van der Waals surface area contributed by atoms with Gasteiger partial charge in [0.25, 0.3) is 0 Å². The summed E-state index contributed by atoms with van der Waals surface area (Å²) in [4.78, 5) is 18.5. The topological polar surface area (TPSA) is 76.8 Å². The van der Waals surface area contributed by atoms with Gasteiger partial charge in [0.15, 0.2) is 11.5 Å². The molecule has 2 atom stereocenters. The number of ether oxygens (including phenoxy) is 2. The molecule has 0 spiro atoms. The number of carbonyl (C=O) groups is 1. The number of fused-ring (bicyclic) bond motifs is 1. The van der Waals surface area contributed by atoms with E-state index in [1.165, 1.54) is 0 Å². The van der Waals surface area contributed by atoms with E-state index in [2.05, 4.69) is 21.4 Å². The molecule has 0 amide bonds. The van der Waals surface area contributed by atoms with Gasteiger partial charge < -0.3 is 19.1 Å². The van der Waals surface area contributed by atoms with Gasteiger partial charge >= 0.3 is 5.97 Å². The summed E-state index contributed by atoms with van der Waals surface area (Å²) >= 11 is 0. The van der Waals surface area contributed by atoms with Crippen LogP contribution in [0.4, 0.5) is 0 Å². The van der Waals surface area contributed by atoms with Crippen molar-refractivity contribution in [3.05, 3.63) is 42.0 Å². The molecule has 26 heavy (non-hydrogen) atoms. The second-order valence-corrected chi connectivity index (χ2v) is 6.89. The van der Waals surface area contributed by atoms with Crippen molar-refractivity contribution >= 4 is 5.97 Å². The fourth-order valence-electron chi connectivity index (χ4n) is 3.88. The summed E-state index contributed by atoms with van der Waals surface area (Å²) < 4.78 is 13.0. The molecule has 1 aromatic heterocycles. The van der Waals surface area contributed by atoms with E-state index in [0.29, 0.717) is 25.4 Å². The molecular formula is C19H23N3O4. The second-order valence-electron chi connectivity index (χ2n) is 6.89. The minimum absolute atomic E-state index is 0.0726. The van der Waals surface area contributed by atoms with Gasteiger partial charge in [0.05, 0.1) is 12.5 Å². The van der Waals surface area contributed by atoms with Crippen molar-refractivity contribution in [2.45, 2.75) is 32.4 Å². The van der Waals surface area contributed by atoms with E-state index in [4.69, 9.17) is 9.47 Å². The fraction of sp³-hybridized carbons (Fsp3) is 0.474. The molecule has 4 rings (SSSR count). The lowest BCUT2D eigenvalue weighted by Gasteiger charge is -2.17. The van der Waals surface area contributed by atoms with Crippen molar-refractivity contribution in [1.29, 1.82) is 0 Å². The van der Waals surface area contributed by atoms with E-state index in [0.717, 1.165) is 30.1 Å². The number of hydrogen-bond donors (Lipinski definition) is 1. The van der Waals surface area contributed by atoms with Gasteiger partial charge in [-0.05, 0) is 24.1 Å². The predicted octanol–water partition coefficient (Wildman–Crippen LogP) is 2.32. The third-order valence-corrected chi connectivity index (χ3v) is 5.17. The third kappa shape index (κ3) is 3.14. The Hall–Kier alpha value is -2.54. The molecule has 2 aliphatic heterocycles. The van der Waals surface area contributed by atoms with Crippen molar-refractivity contribution in [3.63, 3.8) is 0 Å². The van der Waals surface area contributed by atoms with E-state index in [1.54, 1.807) is 0 Å². The molecule has 1 fully saturated rings. The molecule has 1 N–H and O–H groups in total. The molecule has 2 aliphatic rings. The van der Waals surface area contributed by atoms with Gasteiger partial charge in [-0.15, -0.1) is 0 Å². The van der Waals surface area contributed by atoms with Gasteiger partial charge in [-0.25, -0.2) is 4.98 Å². The number of carboxylic acid groups (broad SMARTS) is 1. The summed E-state index contributed by atoms with van der Waals surface area (Å²) in [6.07, 6.45) is 4.84. The summed E-state index contributed by atoms with van der Waals surface area (Å²) in [6.45, 7) is 5.16. The molecule has 1 saturated heterocycles. The van der Waals surface area contributed by atoms with Crippen LogP contribution < -0.4 is 9.47 Å². The van der Waals surface area contributed by atoms with E-state index >= 15 is 0 Å². The minimum atomic E-state index is -0.757. The Bertz CT molecular complexity index is 804. The average Bonchev–Trinajstić information content (AvgIpc) is 3.34. The lowest BCUT2D eigenvalue weighted by molar-refractivity contribution is -0.141. The molecule has 1 aromatic carbocycles. The van der Waals surface area contributed by atoms with Crippen LogP contribution in [0.1, 0.15) is 30.7 Å². The Balaban J connectivity index is 1.53. The largest absolute Gasteiger partial charge is 0.481 e. The van der Waals surface area contributed by atoms with Crippen molar-refractivity contribution in [2.75, 3.05) is 19.9 Å². The number of aryl methyl sites for hydroxylation is 1. The van der Waals surface area contributed by atoms with E-state index in [9.17, 15) is 9.90 Å². The Morgan fingerprint density at radius 2 is 2.15 bits per heavy atom. The number of aromatic nitrogens is 2.